The number of amides is 1. The van der Waals surface area contributed by atoms with E-state index < -0.39 is 0 Å². The molecule has 1 aliphatic heterocycles. The van der Waals surface area contributed by atoms with Crippen LogP contribution in [0.25, 0.3) is 0 Å². The molecule has 0 saturated carbocycles. The number of rotatable bonds is 5. The fourth-order valence-corrected chi connectivity index (χ4v) is 2.49. The molecule has 1 atom stereocenters. The highest BCUT2D eigenvalue weighted by molar-refractivity contribution is 5.85. The molecular weight excluding hydrogens is 278 g/mol. The lowest BCUT2D eigenvalue weighted by atomic mass is 10.2. The molecule has 6 heteroatoms. The second-order valence-corrected chi connectivity index (χ2v) is 4.90. The lowest BCUT2D eigenvalue weighted by Gasteiger charge is -2.28. The van der Waals surface area contributed by atoms with Gasteiger partial charge in [0, 0.05) is 31.4 Å². The van der Waals surface area contributed by atoms with E-state index in [1.54, 1.807) is 18.3 Å². The average molecular weight is 300 g/mol. The van der Waals surface area contributed by atoms with E-state index in [2.05, 4.69) is 12.2 Å². The van der Waals surface area contributed by atoms with Gasteiger partial charge >= 0.3 is 0 Å². The first-order chi connectivity index (χ1) is 9.22. The van der Waals surface area contributed by atoms with Crippen molar-refractivity contribution in [3.8, 4) is 0 Å². The van der Waals surface area contributed by atoms with Crippen molar-refractivity contribution in [3.63, 3.8) is 0 Å². The van der Waals surface area contributed by atoms with Gasteiger partial charge in [-0.1, -0.05) is 13.0 Å². The van der Waals surface area contributed by atoms with Gasteiger partial charge in [-0.3, -0.25) is 9.59 Å². The molecule has 1 aliphatic rings. The fraction of sp³-hybridized carbons (Fsp3) is 0.571. The maximum absolute atomic E-state index is 12.4. The molecule has 0 bridgehead atoms. The summed E-state index contributed by atoms with van der Waals surface area (Å²) < 4.78 is 1.47. The molecule has 1 aromatic heterocycles. The molecule has 112 valence electrons. The van der Waals surface area contributed by atoms with Crippen LogP contribution >= 0.6 is 12.4 Å². The number of aromatic nitrogens is 1. The van der Waals surface area contributed by atoms with Gasteiger partial charge in [-0.25, -0.2) is 0 Å². The molecule has 1 unspecified atom stereocenters. The van der Waals surface area contributed by atoms with E-state index in [0.717, 1.165) is 32.5 Å². The maximum atomic E-state index is 12.4. The molecule has 1 amide bonds. The van der Waals surface area contributed by atoms with Crippen LogP contribution in [0.4, 0.5) is 0 Å². The minimum absolute atomic E-state index is 0. The number of carbonyl (C=O) groups is 1. The zero-order valence-electron chi connectivity index (χ0n) is 11.7. The number of hydrogen-bond acceptors (Lipinski definition) is 3. The summed E-state index contributed by atoms with van der Waals surface area (Å²) in [5.41, 5.74) is -0.128. The summed E-state index contributed by atoms with van der Waals surface area (Å²) in [6.45, 7) is 4.78. The third kappa shape index (κ3) is 4.08. The van der Waals surface area contributed by atoms with Crippen molar-refractivity contribution in [2.75, 3.05) is 19.6 Å². The smallest absolute Gasteiger partial charge is 0.250 e. The van der Waals surface area contributed by atoms with Crippen molar-refractivity contribution in [2.24, 2.45) is 0 Å². The van der Waals surface area contributed by atoms with Crippen molar-refractivity contribution in [1.82, 2.24) is 14.8 Å². The van der Waals surface area contributed by atoms with E-state index in [-0.39, 0.29) is 36.5 Å². The number of halogens is 1. The first-order valence-corrected chi connectivity index (χ1v) is 6.88. The topological polar surface area (TPSA) is 54.3 Å². The van der Waals surface area contributed by atoms with Crippen LogP contribution in [0.3, 0.4) is 0 Å². The monoisotopic (exact) mass is 299 g/mol. The summed E-state index contributed by atoms with van der Waals surface area (Å²) in [6, 6.07) is 5.21. The Hall–Kier alpha value is -1.33. The van der Waals surface area contributed by atoms with Gasteiger partial charge in [0.1, 0.15) is 6.54 Å². The Balaban J connectivity index is 0.00000200. The fourth-order valence-electron chi connectivity index (χ4n) is 2.49. The molecule has 0 spiro atoms. The van der Waals surface area contributed by atoms with E-state index >= 15 is 0 Å². The highest BCUT2D eigenvalue weighted by Gasteiger charge is 2.25. The maximum Gasteiger partial charge on any atom is 0.250 e. The third-order valence-corrected chi connectivity index (χ3v) is 3.46. The Morgan fingerprint density at radius 2 is 2.30 bits per heavy atom. The van der Waals surface area contributed by atoms with Crippen molar-refractivity contribution in [1.29, 1.82) is 0 Å². The lowest BCUT2D eigenvalue weighted by Crippen LogP contribution is -2.44. The van der Waals surface area contributed by atoms with Crippen LogP contribution in [0, 0.1) is 0 Å². The molecule has 20 heavy (non-hydrogen) atoms. The van der Waals surface area contributed by atoms with Crippen LogP contribution in [0.5, 0.6) is 0 Å². The van der Waals surface area contributed by atoms with Crippen molar-refractivity contribution < 1.29 is 4.79 Å². The van der Waals surface area contributed by atoms with Gasteiger partial charge < -0.3 is 14.8 Å². The third-order valence-electron chi connectivity index (χ3n) is 3.46. The van der Waals surface area contributed by atoms with Crippen molar-refractivity contribution in [3.05, 3.63) is 34.7 Å². The number of carbonyl (C=O) groups excluding carboxylic acids is 1. The molecule has 2 rings (SSSR count). The summed E-state index contributed by atoms with van der Waals surface area (Å²) in [6.07, 6.45) is 3.60. The van der Waals surface area contributed by atoms with Gasteiger partial charge in [0.25, 0.3) is 5.56 Å². The largest absolute Gasteiger partial charge is 0.337 e. The average Bonchev–Trinajstić information content (AvgIpc) is 2.92. The van der Waals surface area contributed by atoms with Crippen molar-refractivity contribution in [2.45, 2.75) is 32.4 Å². The molecule has 1 aromatic rings. The summed E-state index contributed by atoms with van der Waals surface area (Å²) in [4.78, 5) is 25.9. The van der Waals surface area contributed by atoms with Crippen LogP contribution in [-0.4, -0.2) is 41.1 Å². The summed E-state index contributed by atoms with van der Waals surface area (Å²) in [5, 5.41) is 3.28. The molecule has 1 saturated heterocycles. The first kappa shape index (κ1) is 16.7. The van der Waals surface area contributed by atoms with E-state index in [1.165, 1.54) is 10.6 Å². The highest BCUT2D eigenvalue weighted by Crippen LogP contribution is 2.10. The second kappa shape index (κ2) is 8.07. The SMILES string of the molecule is CCCN(C(=O)Cn1ccccc1=O)C1CCNC1.Cl. The van der Waals surface area contributed by atoms with Crippen LogP contribution in [-0.2, 0) is 11.3 Å². The van der Waals surface area contributed by atoms with Gasteiger partial charge in [0.15, 0.2) is 0 Å². The van der Waals surface area contributed by atoms with Gasteiger partial charge in [0.05, 0.1) is 0 Å². The minimum atomic E-state index is -0.128. The second-order valence-electron chi connectivity index (χ2n) is 4.90. The Labute approximate surface area is 125 Å². The number of nitrogens with one attached hydrogen (secondary N) is 1. The predicted octanol–water partition coefficient (Wildman–Crippen LogP) is 0.871. The van der Waals surface area contributed by atoms with Gasteiger partial charge in [0.2, 0.25) is 5.91 Å². The molecule has 1 N–H and O–H groups in total. The van der Waals surface area contributed by atoms with E-state index in [1.807, 2.05) is 4.90 Å². The summed E-state index contributed by atoms with van der Waals surface area (Å²) in [7, 11) is 0. The zero-order chi connectivity index (χ0) is 13.7. The van der Waals surface area contributed by atoms with E-state index in [9.17, 15) is 9.59 Å². The van der Waals surface area contributed by atoms with Gasteiger partial charge in [-0.05, 0) is 25.5 Å². The lowest BCUT2D eigenvalue weighted by molar-refractivity contribution is -0.133. The number of pyridine rings is 1. The minimum Gasteiger partial charge on any atom is -0.337 e. The van der Waals surface area contributed by atoms with Crippen LogP contribution in [0.15, 0.2) is 29.2 Å². The number of nitrogens with zero attached hydrogens (tertiary/aromatic N) is 2. The van der Waals surface area contributed by atoms with Crippen LogP contribution in [0.1, 0.15) is 19.8 Å². The van der Waals surface area contributed by atoms with Gasteiger partial charge in [-0.2, -0.15) is 0 Å². The molecule has 0 aromatic carbocycles. The highest BCUT2D eigenvalue weighted by atomic mass is 35.5. The van der Waals surface area contributed by atoms with E-state index in [4.69, 9.17) is 0 Å². The van der Waals surface area contributed by atoms with Crippen LogP contribution < -0.4 is 10.9 Å². The molecule has 0 radical (unpaired) electrons. The normalized spacial score (nSPS) is 17.6. The molecule has 5 nitrogen and oxygen atoms in total. The van der Waals surface area contributed by atoms with Crippen LogP contribution in [0.2, 0.25) is 0 Å². The zero-order valence-corrected chi connectivity index (χ0v) is 12.6. The quantitative estimate of drug-likeness (QED) is 0.878. The standard InChI is InChI=1S/C14H21N3O2.ClH/c1-2-8-17(12-6-7-15-10-12)14(19)11-16-9-4-3-5-13(16)18;/h3-5,9,12,15H,2,6-8,10-11H2,1H3;1H. The number of hydrogen-bond donors (Lipinski definition) is 1. The Bertz CT molecular complexity index is 483. The van der Waals surface area contributed by atoms with Gasteiger partial charge in [-0.15, -0.1) is 12.4 Å². The molecule has 0 aliphatic carbocycles. The summed E-state index contributed by atoms with van der Waals surface area (Å²) >= 11 is 0. The Morgan fingerprint density at radius 3 is 2.90 bits per heavy atom. The van der Waals surface area contributed by atoms with E-state index in [0.29, 0.717) is 0 Å². The Morgan fingerprint density at radius 1 is 1.50 bits per heavy atom. The molecule has 1 fully saturated rings. The predicted molar refractivity (Wildman–Crippen MR) is 81.2 cm³/mol. The molecule has 2 heterocycles. The Kier molecular flexibility index (Phi) is 6.75. The van der Waals surface area contributed by atoms with Crippen molar-refractivity contribution >= 4 is 18.3 Å². The first-order valence-electron chi connectivity index (χ1n) is 6.88. The summed E-state index contributed by atoms with van der Waals surface area (Å²) in [5.74, 6) is 0.0313. The molecular formula is C14H22ClN3O2.